The number of ketones is 1. The average molecular weight is 604 g/mol. The van der Waals surface area contributed by atoms with Crippen LogP contribution in [0.2, 0.25) is 0 Å². The lowest BCUT2D eigenvalue weighted by Gasteiger charge is -2.19. The summed E-state index contributed by atoms with van der Waals surface area (Å²) in [5, 5.41) is 5.18. The molecule has 41 heavy (non-hydrogen) atoms. The summed E-state index contributed by atoms with van der Waals surface area (Å²) in [6, 6.07) is 11.1. The predicted molar refractivity (Wildman–Crippen MR) is 158 cm³/mol. The monoisotopic (exact) mass is 603 g/mol. The maximum atomic E-state index is 13.2. The summed E-state index contributed by atoms with van der Waals surface area (Å²) in [6.45, 7) is 6.03. The molecule has 0 saturated heterocycles. The maximum absolute atomic E-state index is 13.2. The lowest BCUT2D eigenvalue weighted by Crippen LogP contribution is -2.25. The number of anilines is 1. The Balaban J connectivity index is 1.57. The second-order valence-electron chi connectivity index (χ2n) is 10.6. The number of ether oxygens (including phenoxy) is 2. The van der Waals surface area contributed by atoms with E-state index in [9.17, 15) is 22.8 Å². The van der Waals surface area contributed by atoms with E-state index in [0.717, 1.165) is 21.5 Å². The molecule has 0 aliphatic rings. The quantitative estimate of drug-likeness (QED) is 0.143. The summed E-state index contributed by atoms with van der Waals surface area (Å²) >= 11 is 1.31. The molecule has 10 nitrogen and oxygen atoms in total. The molecule has 222 valence electrons. The molecule has 12 heteroatoms. The first kappa shape index (κ1) is 32.2. The predicted octanol–water partition coefficient (Wildman–Crippen LogP) is 5.17. The Morgan fingerprint density at radius 2 is 1.78 bits per heavy atom. The van der Waals surface area contributed by atoms with Gasteiger partial charge in [0.15, 0.2) is 10.9 Å². The molecular weight excluding hydrogens is 566 g/mol. The summed E-state index contributed by atoms with van der Waals surface area (Å²) in [5.74, 6) is -1.38. The smallest absolute Gasteiger partial charge is 0.306 e. The van der Waals surface area contributed by atoms with Crippen molar-refractivity contribution >= 4 is 44.2 Å². The van der Waals surface area contributed by atoms with Gasteiger partial charge in [-0.3, -0.25) is 18.4 Å². The maximum Gasteiger partial charge on any atom is 0.306 e. The van der Waals surface area contributed by atoms with Crippen LogP contribution in [0.1, 0.15) is 63.2 Å². The van der Waals surface area contributed by atoms with Crippen LogP contribution in [0.4, 0.5) is 5.13 Å². The largest absolute Gasteiger partial charge is 0.460 e. The van der Waals surface area contributed by atoms with Crippen molar-refractivity contribution in [3.63, 3.8) is 0 Å². The van der Waals surface area contributed by atoms with Crippen molar-refractivity contribution < 1.29 is 32.3 Å². The minimum absolute atomic E-state index is 0.0532. The van der Waals surface area contributed by atoms with E-state index in [4.69, 9.17) is 9.47 Å². The molecule has 0 saturated carbocycles. The highest BCUT2D eigenvalue weighted by atomic mass is 32.2. The topological polar surface area (TPSA) is 134 Å². The molecule has 1 aromatic carbocycles. The molecule has 0 unspecified atom stereocenters. The second kappa shape index (κ2) is 14.5. The molecule has 1 N–H and O–H groups in total. The average Bonchev–Trinajstić information content (AvgIpc) is 3.57. The van der Waals surface area contributed by atoms with Gasteiger partial charge in [0.05, 0.1) is 11.9 Å². The van der Waals surface area contributed by atoms with Gasteiger partial charge in [-0.15, -0.1) is 11.3 Å². The first-order valence-corrected chi connectivity index (χ1v) is 16.1. The van der Waals surface area contributed by atoms with Crippen molar-refractivity contribution in [2.75, 3.05) is 24.8 Å². The van der Waals surface area contributed by atoms with Gasteiger partial charge in [0.2, 0.25) is 15.9 Å². The normalized spacial score (nSPS) is 12.6. The third kappa shape index (κ3) is 10.9. The van der Waals surface area contributed by atoms with Gasteiger partial charge in [0.25, 0.3) is 0 Å². The number of rotatable bonds is 15. The molecule has 1 atom stereocenters. The Morgan fingerprint density at radius 1 is 1.05 bits per heavy atom. The van der Waals surface area contributed by atoms with Crippen LogP contribution >= 0.6 is 11.3 Å². The van der Waals surface area contributed by atoms with Gasteiger partial charge in [0, 0.05) is 60.9 Å². The Bertz CT molecular complexity index is 1420. The number of carbonyl (C=O) groups is 3. The number of Topliss-reactive ketones (excluding diaryl/α,β-unsaturated/α-hetero) is 1. The molecule has 3 rings (SSSR count). The number of carbonyl (C=O) groups excluding carboxylic acids is 3. The second-order valence-corrected chi connectivity index (χ2v) is 13.4. The van der Waals surface area contributed by atoms with Crippen LogP contribution in [-0.2, 0) is 29.1 Å². The Kier molecular flexibility index (Phi) is 11.4. The molecule has 0 fully saturated rings. The number of benzene rings is 1. The number of hydrogen-bond donors (Lipinski definition) is 1. The molecule has 0 aliphatic carbocycles. The molecular formula is C29H37N3O7S2. The van der Waals surface area contributed by atoms with Crippen molar-refractivity contribution in [2.45, 2.75) is 58.5 Å². The summed E-state index contributed by atoms with van der Waals surface area (Å²) < 4.78 is 35.4. The van der Waals surface area contributed by atoms with Gasteiger partial charge in [-0.1, -0.05) is 30.3 Å². The van der Waals surface area contributed by atoms with Crippen LogP contribution < -0.4 is 5.32 Å². The fourth-order valence-corrected chi connectivity index (χ4v) is 5.23. The summed E-state index contributed by atoms with van der Waals surface area (Å²) in [7, 11) is -3.50. The third-order valence-corrected chi connectivity index (χ3v) is 7.72. The van der Waals surface area contributed by atoms with Crippen molar-refractivity contribution in [3.8, 4) is 11.3 Å². The molecule has 0 spiro atoms. The fraction of sp³-hybridized carbons (Fsp3) is 0.448. The van der Waals surface area contributed by atoms with E-state index in [1.807, 2.05) is 56.5 Å². The molecule has 2 aromatic heterocycles. The number of esters is 1. The van der Waals surface area contributed by atoms with Gasteiger partial charge in [-0.05, 0) is 46.1 Å². The molecule has 0 bridgehead atoms. The van der Waals surface area contributed by atoms with Crippen LogP contribution in [0, 0.1) is 5.92 Å². The molecule has 0 aliphatic heterocycles. The van der Waals surface area contributed by atoms with Crippen LogP contribution in [-0.4, -0.2) is 60.1 Å². The molecule has 3 aromatic rings. The van der Waals surface area contributed by atoms with Gasteiger partial charge >= 0.3 is 5.97 Å². The van der Waals surface area contributed by atoms with E-state index in [1.54, 1.807) is 0 Å². The van der Waals surface area contributed by atoms with Crippen LogP contribution in [0.25, 0.3) is 11.3 Å². The first-order valence-electron chi connectivity index (χ1n) is 13.3. The number of aromatic nitrogens is 2. The van der Waals surface area contributed by atoms with Crippen molar-refractivity contribution in [2.24, 2.45) is 5.92 Å². The standard InChI is InChI=1S/C29H37N3O7S2/c1-29(2,3)39-26(34)11-8-17-38-18-15-22(12-13-25(33)23-14-16-32(19-23)41(4,36)37)27(35)31-28-30-24(20-40-28)21-9-6-5-7-10-21/h5-7,9-10,14,16,19-20,22H,8,11-13,15,17-18H2,1-4H3,(H,30,31,35)/t22-/m0/s1. The van der Waals surface area contributed by atoms with E-state index in [0.29, 0.717) is 24.6 Å². The van der Waals surface area contributed by atoms with E-state index < -0.39 is 21.5 Å². The number of nitrogens with zero attached hydrogens (tertiary/aromatic N) is 2. The Morgan fingerprint density at radius 3 is 2.44 bits per heavy atom. The summed E-state index contributed by atoms with van der Waals surface area (Å²) in [4.78, 5) is 42.4. The zero-order valence-corrected chi connectivity index (χ0v) is 25.4. The highest BCUT2D eigenvalue weighted by molar-refractivity contribution is 7.89. The van der Waals surface area contributed by atoms with E-state index >= 15 is 0 Å². The van der Waals surface area contributed by atoms with Crippen molar-refractivity contribution in [1.29, 1.82) is 0 Å². The molecule has 1 amide bonds. The van der Waals surface area contributed by atoms with Gasteiger partial charge in [-0.25, -0.2) is 13.4 Å². The van der Waals surface area contributed by atoms with E-state index in [1.165, 1.54) is 29.8 Å². The van der Waals surface area contributed by atoms with E-state index in [2.05, 4.69) is 10.3 Å². The van der Waals surface area contributed by atoms with Crippen LogP contribution in [0.5, 0.6) is 0 Å². The minimum atomic E-state index is -3.50. The first-order chi connectivity index (χ1) is 19.3. The lowest BCUT2D eigenvalue weighted by atomic mass is 9.96. The third-order valence-electron chi connectivity index (χ3n) is 5.97. The highest BCUT2D eigenvalue weighted by Gasteiger charge is 2.22. The van der Waals surface area contributed by atoms with Gasteiger partial charge < -0.3 is 14.8 Å². The number of amides is 1. The van der Waals surface area contributed by atoms with Crippen molar-refractivity contribution in [1.82, 2.24) is 8.96 Å². The zero-order chi connectivity index (χ0) is 30.0. The van der Waals surface area contributed by atoms with Gasteiger partial charge in [-0.2, -0.15) is 0 Å². The van der Waals surface area contributed by atoms with Crippen LogP contribution in [0.3, 0.4) is 0 Å². The molecule has 2 heterocycles. The summed E-state index contributed by atoms with van der Waals surface area (Å²) in [5.41, 5.74) is 1.41. The Labute approximate surface area is 245 Å². The van der Waals surface area contributed by atoms with Crippen LogP contribution in [0.15, 0.2) is 54.2 Å². The zero-order valence-electron chi connectivity index (χ0n) is 23.8. The summed E-state index contributed by atoms with van der Waals surface area (Å²) in [6.07, 6.45) is 5.03. The van der Waals surface area contributed by atoms with E-state index in [-0.39, 0.29) is 49.1 Å². The lowest BCUT2D eigenvalue weighted by molar-refractivity contribution is -0.155. The van der Waals surface area contributed by atoms with Crippen molar-refractivity contribution in [3.05, 3.63) is 59.7 Å². The number of hydrogen-bond acceptors (Lipinski definition) is 9. The number of thiazole rings is 1. The van der Waals surface area contributed by atoms with Gasteiger partial charge in [0.1, 0.15) is 5.60 Å². The molecule has 0 radical (unpaired) electrons. The minimum Gasteiger partial charge on any atom is -0.460 e. The Hall–Kier alpha value is -3.35. The SMILES string of the molecule is CC(C)(C)OC(=O)CCCOCC[C@H](CCC(=O)c1ccn(S(C)(=O)=O)c1)C(=O)Nc1nc(-c2ccccc2)cs1. The fourth-order valence-electron chi connectivity index (χ4n) is 3.92. The highest BCUT2D eigenvalue weighted by Crippen LogP contribution is 2.26. The number of nitrogens with one attached hydrogen (secondary N) is 1.